The fourth-order valence-corrected chi connectivity index (χ4v) is 5.27. The molecule has 1 aliphatic heterocycles. The number of nitrogens with one attached hydrogen (secondary N) is 1. The molecular formula is C21H33N3O2S. The van der Waals surface area contributed by atoms with Gasteiger partial charge < -0.3 is 10.2 Å². The average Bonchev–Trinajstić information content (AvgIpc) is 2.87. The van der Waals surface area contributed by atoms with E-state index < -0.39 is 9.84 Å². The lowest BCUT2D eigenvalue weighted by Gasteiger charge is -2.44. The molecule has 1 aromatic carbocycles. The van der Waals surface area contributed by atoms with Crippen molar-refractivity contribution in [2.75, 3.05) is 26.4 Å². The predicted octanol–water partition coefficient (Wildman–Crippen LogP) is 3.60. The molecule has 0 amide bonds. The van der Waals surface area contributed by atoms with Gasteiger partial charge in [-0.05, 0) is 48.8 Å². The van der Waals surface area contributed by atoms with Crippen LogP contribution in [0.4, 0.5) is 0 Å². The maximum Gasteiger partial charge on any atom is 0.193 e. The Morgan fingerprint density at radius 1 is 1.07 bits per heavy atom. The minimum Gasteiger partial charge on any atom is -0.352 e. The Morgan fingerprint density at radius 2 is 1.70 bits per heavy atom. The molecule has 1 saturated carbocycles. The molecule has 150 valence electrons. The molecular weight excluding hydrogens is 358 g/mol. The van der Waals surface area contributed by atoms with Crippen LogP contribution in [-0.2, 0) is 16.4 Å². The molecule has 1 N–H and O–H groups in total. The maximum absolute atomic E-state index is 11.6. The van der Waals surface area contributed by atoms with Gasteiger partial charge in [-0.2, -0.15) is 0 Å². The minimum atomic E-state index is -3.14. The van der Waals surface area contributed by atoms with Crippen molar-refractivity contribution in [1.29, 1.82) is 0 Å². The van der Waals surface area contributed by atoms with Gasteiger partial charge in [0.15, 0.2) is 15.8 Å². The van der Waals surface area contributed by atoms with Crippen LogP contribution in [0.1, 0.15) is 56.9 Å². The molecule has 0 atom stereocenters. The predicted molar refractivity (Wildman–Crippen MR) is 111 cm³/mol. The summed E-state index contributed by atoms with van der Waals surface area (Å²) in [7, 11) is -1.29. The summed E-state index contributed by atoms with van der Waals surface area (Å²) in [5.74, 6) is 0.963. The van der Waals surface area contributed by atoms with E-state index >= 15 is 0 Å². The summed E-state index contributed by atoms with van der Waals surface area (Å²) < 4.78 is 23.2. The zero-order valence-corrected chi connectivity index (χ0v) is 17.5. The van der Waals surface area contributed by atoms with Gasteiger partial charge in [0.05, 0.1) is 4.90 Å². The first-order valence-electron chi connectivity index (χ1n) is 10.2. The van der Waals surface area contributed by atoms with Crippen LogP contribution in [0.3, 0.4) is 0 Å². The van der Waals surface area contributed by atoms with Crippen LogP contribution < -0.4 is 5.32 Å². The zero-order chi connectivity index (χ0) is 19.3. The van der Waals surface area contributed by atoms with E-state index in [1.807, 2.05) is 19.2 Å². The molecule has 0 bridgehead atoms. The zero-order valence-electron chi connectivity index (χ0n) is 16.7. The van der Waals surface area contributed by atoms with Crippen LogP contribution in [-0.4, -0.2) is 45.7 Å². The summed E-state index contributed by atoms with van der Waals surface area (Å²) in [6.07, 6.45) is 12.1. The first-order valence-corrected chi connectivity index (χ1v) is 12.1. The average molecular weight is 392 g/mol. The lowest BCUT2D eigenvalue weighted by atomic mass is 9.74. The summed E-state index contributed by atoms with van der Waals surface area (Å²) in [6, 6.07) is 7.10. The van der Waals surface area contributed by atoms with Crippen molar-refractivity contribution < 1.29 is 8.42 Å². The number of sulfone groups is 1. The highest BCUT2D eigenvalue weighted by Gasteiger charge is 2.36. The molecule has 5 nitrogen and oxygen atoms in total. The Labute approximate surface area is 164 Å². The molecule has 1 saturated heterocycles. The monoisotopic (exact) mass is 391 g/mol. The van der Waals surface area contributed by atoms with Crippen LogP contribution in [0, 0.1) is 5.41 Å². The van der Waals surface area contributed by atoms with Crippen LogP contribution in [0.5, 0.6) is 0 Å². The van der Waals surface area contributed by atoms with Gasteiger partial charge in [-0.1, -0.05) is 37.8 Å². The van der Waals surface area contributed by atoms with Crippen LogP contribution in [0.2, 0.25) is 0 Å². The standard InChI is InChI=1S/C21H33N3O2S/c1-22-20(23-16-18-8-10-19(11-9-18)27(2,25)26)24-15-7-14-21(17-24)12-5-3-4-6-13-21/h8-11H,3-7,12-17H2,1-2H3,(H,22,23). The van der Waals surface area contributed by atoms with Crippen molar-refractivity contribution >= 4 is 15.8 Å². The van der Waals surface area contributed by atoms with E-state index in [9.17, 15) is 8.42 Å². The van der Waals surface area contributed by atoms with E-state index in [2.05, 4.69) is 15.2 Å². The summed E-state index contributed by atoms with van der Waals surface area (Å²) in [5, 5.41) is 3.48. The lowest BCUT2D eigenvalue weighted by molar-refractivity contribution is 0.115. The molecule has 2 fully saturated rings. The first kappa shape index (κ1) is 20.2. The van der Waals surface area contributed by atoms with Gasteiger partial charge in [0, 0.05) is 32.9 Å². The Kier molecular flexibility index (Phi) is 6.45. The molecule has 1 heterocycles. The highest BCUT2D eigenvalue weighted by atomic mass is 32.2. The number of rotatable bonds is 3. The Hall–Kier alpha value is -1.56. The Bertz CT molecular complexity index is 748. The Morgan fingerprint density at radius 3 is 2.30 bits per heavy atom. The fraction of sp³-hybridized carbons (Fsp3) is 0.667. The van der Waals surface area contributed by atoms with Gasteiger partial charge in [-0.15, -0.1) is 0 Å². The number of hydrogen-bond acceptors (Lipinski definition) is 3. The van der Waals surface area contributed by atoms with Gasteiger partial charge in [0.2, 0.25) is 0 Å². The van der Waals surface area contributed by atoms with Gasteiger partial charge >= 0.3 is 0 Å². The highest BCUT2D eigenvalue weighted by Crippen LogP contribution is 2.42. The quantitative estimate of drug-likeness (QED) is 0.632. The molecule has 1 spiro atoms. The van der Waals surface area contributed by atoms with Crippen LogP contribution in [0.25, 0.3) is 0 Å². The number of guanidine groups is 1. The molecule has 0 aromatic heterocycles. The number of piperidine rings is 1. The number of benzene rings is 1. The van der Waals surface area contributed by atoms with Crippen LogP contribution in [0.15, 0.2) is 34.2 Å². The summed E-state index contributed by atoms with van der Waals surface area (Å²) >= 11 is 0. The summed E-state index contributed by atoms with van der Waals surface area (Å²) in [5.41, 5.74) is 1.54. The third-order valence-electron chi connectivity index (χ3n) is 6.14. The van der Waals surface area contributed by atoms with Crippen molar-refractivity contribution in [3.05, 3.63) is 29.8 Å². The number of hydrogen-bond donors (Lipinski definition) is 1. The molecule has 3 rings (SSSR count). The fourth-order valence-electron chi connectivity index (χ4n) is 4.64. The van der Waals surface area contributed by atoms with Crippen molar-refractivity contribution in [3.8, 4) is 0 Å². The van der Waals surface area contributed by atoms with Gasteiger partial charge in [0.25, 0.3) is 0 Å². The number of aliphatic imine (C=N–C) groups is 1. The number of likely N-dealkylation sites (tertiary alicyclic amines) is 1. The van der Waals surface area contributed by atoms with E-state index in [-0.39, 0.29) is 0 Å². The maximum atomic E-state index is 11.6. The second kappa shape index (κ2) is 8.63. The van der Waals surface area contributed by atoms with Gasteiger partial charge in [-0.3, -0.25) is 4.99 Å². The second-order valence-corrected chi connectivity index (χ2v) is 10.3. The van der Waals surface area contributed by atoms with E-state index in [0.29, 0.717) is 16.9 Å². The van der Waals surface area contributed by atoms with E-state index in [1.54, 1.807) is 12.1 Å². The summed E-state index contributed by atoms with van der Waals surface area (Å²) in [6.45, 7) is 2.83. The summed E-state index contributed by atoms with van der Waals surface area (Å²) in [4.78, 5) is 7.31. The SMILES string of the molecule is CN=C(NCc1ccc(S(C)(=O)=O)cc1)N1CCCC2(CCCCCC2)C1. The van der Waals surface area contributed by atoms with Gasteiger partial charge in [-0.25, -0.2) is 8.42 Å². The lowest BCUT2D eigenvalue weighted by Crippen LogP contribution is -2.50. The largest absolute Gasteiger partial charge is 0.352 e. The number of nitrogens with zero attached hydrogens (tertiary/aromatic N) is 2. The molecule has 0 radical (unpaired) electrons. The smallest absolute Gasteiger partial charge is 0.193 e. The van der Waals surface area contributed by atoms with Crippen molar-refractivity contribution in [1.82, 2.24) is 10.2 Å². The molecule has 1 aromatic rings. The van der Waals surface area contributed by atoms with E-state index in [1.165, 1.54) is 57.6 Å². The van der Waals surface area contributed by atoms with E-state index in [4.69, 9.17) is 0 Å². The molecule has 1 aliphatic carbocycles. The van der Waals surface area contributed by atoms with Gasteiger partial charge in [0.1, 0.15) is 0 Å². The van der Waals surface area contributed by atoms with E-state index in [0.717, 1.165) is 24.6 Å². The second-order valence-electron chi connectivity index (χ2n) is 8.26. The topological polar surface area (TPSA) is 61.8 Å². The van der Waals surface area contributed by atoms with Crippen LogP contribution >= 0.6 is 0 Å². The normalized spacial score (nSPS) is 21.1. The Balaban J connectivity index is 1.61. The molecule has 27 heavy (non-hydrogen) atoms. The highest BCUT2D eigenvalue weighted by molar-refractivity contribution is 7.90. The molecule has 2 aliphatic rings. The first-order chi connectivity index (χ1) is 12.9. The van der Waals surface area contributed by atoms with Crippen molar-refractivity contribution in [2.24, 2.45) is 10.4 Å². The minimum absolute atomic E-state index is 0.363. The third kappa shape index (κ3) is 5.24. The van der Waals surface area contributed by atoms with Crippen molar-refractivity contribution in [2.45, 2.75) is 62.8 Å². The molecule has 6 heteroatoms. The molecule has 0 unspecified atom stereocenters. The van der Waals surface area contributed by atoms with Crippen molar-refractivity contribution in [3.63, 3.8) is 0 Å². The third-order valence-corrected chi connectivity index (χ3v) is 7.27.